The highest BCUT2D eigenvalue weighted by Gasteiger charge is 2.48. The Hall–Kier alpha value is -2.46. The van der Waals surface area contributed by atoms with Crippen molar-refractivity contribution in [3.8, 4) is 5.75 Å². The van der Waals surface area contributed by atoms with Crippen molar-refractivity contribution in [2.24, 2.45) is 0 Å². The van der Waals surface area contributed by atoms with Crippen LogP contribution in [0, 0.1) is 5.82 Å². The number of anilines is 1. The van der Waals surface area contributed by atoms with Crippen molar-refractivity contribution < 1.29 is 22.7 Å². The molecule has 3 aromatic carbocycles. The Morgan fingerprint density at radius 1 is 1.24 bits per heavy atom. The molecule has 1 N–H and O–H groups in total. The third-order valence-electron chi connectivity index (χ3n) is 5.72. The lowest BCUT2D eigenvalue weighted by atomic mass is 9.88. The van der Waals surface area contributed by atoms with Gasteiger partial charge in [-0.2, -0.15) is 0 Å². The molecule has 1 aliphatic heterocycles. The number of hydrogen-bond acceptors (Lipinski definition) is 4. The zero-order valence-corrected chi connectivity index (χ0v) is 21.2. The molecule has 2 unspecified atom stereocenters. The molecule has 0 saturated carbocycles. The van der Waals surface area contributed by atoms with E-state index >= 15 is 0 Å². The molecule has 0 fully saturated rings. The second-order valence-corrected chi connectivity index (χ2v) is 9.96. The molecule has 2 atom stereocenters. The van der Waals surface area contributed by atoms with Gasteiger partial charge in [-0.05, 0) is 58.2 Å². The first-order valence-electron chi connectivity index (χ1n) is 10.3. The molecule has 0 saturated heterocycles. The van der Waals surface area contributed by atoms with E-state index in [0.29, 0.717) is 32.9 Å². The van der Waals surface area contributed by atoms with Crippen LogP contribution in [0.1, 0.15) is 16.7 Å². The Balaban J connectivity index is 1.66. The number of amides is 1. The molecule has 0 radical (unpaired) electrons. The predicted molar refractivity (Wildman–Crippen MR) is 132 cm³/mol. The van der Waals surface area contributed by atoms with Crippen LogP contribution in [0.15, 0.2) is 65.1 Å². The topological polar surface area (TPSA) is 81.7 Å². The SMILES string of the molecule is CNC(=O)C1(c2ccc(F)cc2)Cc2cc(Br)c(N(CCc3ccc(Cl)cc3)S(=O)[O-])cc2O1. The summed E-state index contributed by atoms with van der Waals surface area (Å²) in [5.41, 5.74) is 1.14. The second kappa shape index (κ2) is 10.0. The zero-order valence-electron chi connectivity index (χ0n) is 18.0. The number of benzene rings is 3. The van der Waals surface area contributed by atoms with E-state index in [4.69, 9.17) is 16.3 Å². The number of rotatable bonds is 7. The molecule has 0 bridgehead atoms. The van der Waals surface area contributed by atoms with Crippen molar-refractivity contribution in [1.82, 2.24) is 5.32 Å². The Morgan fingerprint density at radius 2 is 1.91 bits per heavy atom. The van der Waals surface area contributed by atoms with Gasteiger partial charge in [-0.25, -0.2) is 4.39 Å². The first-order valence-corrected chi connectivity index (χ1v) is 12.5. The minimum absolute atomic E-state index is 0.188. The van der Waals surface area contributed by atoms with Gasteiger partial charge < -0.3 is 18.9 Å². The van der Waals surface area contributed by atoms with Crippen LogP contribution in [0.3, 0.4) is 0 Å². The molecule has 0 aliphatic carbocycles. The largest absolute Gasteiger partial charge is 0.755 e. The number of nitrogens with one attached hydrogen (secondary N) is 1. The molecule has 0 aromatic heterocycles. The van der Waals surface area contributed by atoms with Gasteiger partial charge in [0.05, 0.1) is 5.69 Å². The zero-order chi connectivity index (χ0) is 24.5. The van der Waals surface area contributed by atoms with Crippen molar-refractivity contribution in [2.45, 2.75) is 18.4 Å². The van der Waals surface area contributed by atoms with E-state index in [2.05, 4.69) is 21.2 Å². The van der Waals surface area contributed by atoms with Crippen LogP contribution in [0.5, 0.6) is 5.75 Å². The summed E-state index contributed by atoms with van der Waals surface area (Å²) in [4.78, 5) is 12.9. The fourth-order valence-corrected chi connectivity index (χ4v) is 5.40. The molecule has 4 rings (SSSR count). The fraction of sp³-hybridized carbons (Fsp3) is 0.208. The smallest absolute Gasteiger partial charge is 0.269 e. The average molecular weight is 567 g/mol. The van der Waals surface area contributed by atoms with Crippen LogP contribution in [0.25, 0.3) is 0 Å². The number of carbonyl (C=O) groups is 1. The van der Waals surface area contributed by atoms with E-state index < -0.39 is 22.7 Å². The number of nitrogens with zero attached hydrogens (tertiary/aromatic N) is 1. The highest BCUT2D eigenvalue weighted by atomic mass is 79.9. The lowest BCUT2D eigenvalue weighted by molar-refractivity contribution is -0.135. The molecular weight excluding hydrogens is 547 g/mol. The molecule has 1 heterocycles. The van der Waals surface area contributed by atoms with E-state index in [1.54, 1.807) is 24.3 Å². The maximum Gasteiger partial charge on any atom is 0.269 e. The molecule has 0 spiro atoms. The Labute approximate surface area is 212 Å². The third kappa shape index (κ3) is 4.84. The Kier molecular flexibility index (Phi) is 7.28. The minimum atomic E-state index is -2.56. The van der Waals surface area contributed by atoms with Crippen molar-refractivity contribution in [3.05, 3.63) is 92.7 Å². The number of hydrogen-bond donors (Lipinski definition) is 1. The fourth-order valence-electron chi connectivity index (χ4n) is 4.00. The van der Waals surface area contributed by atoms with Crippen LogP contribution < -0.4 is 14.4 Å². The molecule has 1 amide bonds. The summed E-state index contributed by atoms with van der Waals surface area (Å²) >= 11 is 6.84. The van der Waals surface area contributed by atoms with Gasteiger partial charge in [-0.15, -0.1) is 0 Å². The van der Waals surface area contributed by atoms with Crippen LogP contribution >= 0.6 is 27.5 Å². The standard InChI is InChI=1S/C24H21BrClFN2O4S/c1-28-23(30)24(17-4-8-19(27)9-5-17)14-16-12-20(25)21(13-22(16)33-24)29(34(31)32)11-10-15-2-6-18(26)7-3-15/h2-9,12-13H,10-11,14H2,1H3,(H,28,30)(H,31,32)/p-1. The number of carbonyl (C=O) groups excluding carboxylic acids is 1. The summed E-state index contributed by atoms with van der Waals surface area (Å²) < 4.78 is 45.7. The van der Waals surface area contributed by atoms with E-state index in [-0.39, 0.29) is 18.9 Å². The van der Waals surface area contributed by atoms with Crippen molar-refractivity contribution in [1.29, 1.82) is 0 Å². The number of halogens is 3. The van der Waals surface area contributed by atoms with Gasteiger partial charge in [0.2, 0.25) is 5.60 Å². The van der Waals surface area contributed by atoms with Gasteiger partial charge in [0.15, 0.2) is 0 Å². The van der Waals surface area contributed by atoms with Gasteiger partial charge in [0.1, 0.15) is 11.6 Å². The Morgan fingerprint density at radius 3 is 2.53 bits per heavy atom. The number of ether oxygens (including phenoxy) is 1. The van der Waals surface area contributed by atoms with Crippen molar-refractivity contribution in [3.63, 3.8) is 0 Å². The van der Waals surface area contributed by atoms with Gasteiger partial charge in [0, 0.05) is 58.0 Å². The molecule has 6 nitrogen and oxygen atoms in total. The lowest BCUT2D eigenvalue weighted by Crippen LogP contribution is -2.46. The van der Waals surface area contributed by atoms with Crippen LogP contribution in [-0.2, 0) is 34.5 Å². The van der Waals surface area contributed by atoms with Gasteiger partial charge in [-0.1, -0.05) is 35.9 Å². The van der Waals surface area contributed by atoms with Crippen LogP contribution in [-0.4, -0.2) is 28.3 Å². The summed E-state index contributed by atoms with van der Waals surface area (Å²) in [6.45, 7) is 0.188. The quantitative estimate of drug-likeness (QED) is 0.422. The summed E-state index contributed by atoms with van der Waals surface area (Å²) in [6, 6.07) is 16.1. The monoisotopic (exact) mass is 565 g/mol. The summed E-state index contributed by atoms with van der Waals surface area (Å²) in [5, 5.41) is 3.22. The van der Waals surface area contributed by atoms with Crippen LogP contribution in [0.4, 0.5) is 10.1 Å². The van der Waals surface area contributed by atoms with Gasteiger partial charge >= 0.3 is 0 Å². The predicted octanol–water partition coefficient (Wildman–Crippen LogP) is 4.66. The molecular formula is C24H20BrClFN2O4S-. The van der Waals surface area contributed by atoms with E-state index in [0.717, 1.165) is 11.1 Å². The highest BCUT2D eigenvalue weighted by molar-refractivity contribution is 9.10. The first-order chi connectivity index (χ1) is 16.2. The third-order valence-corrected chi connectivity index (χ3v) is 7.35. The van der Waals surface area contributed by atoms with E-state index in [1.807, 2.05) is 12.1 Å². The van der Waals surface area contributed by atoms with E-state index in [1.165, 1.54) is 35.6 Å². The number of likely N-dealkylation sites (N-methyl/N-ethyl adjacent to an activating group) is 1. The van der Waals surface area contributed by atoms with E-state index in [9.17, 15) is 17.9 Å². The summed E-state index contributed by atoms with van der Waals surface area (Å²) in [5.74, 6) is -0.432. The van der Waals surface area contributed by atoms with Crippen molar-refractivity contribution in [2.75, 3.05) is 17.9 Å². The summed E-state index contributed by atoms with van der Waals surface area (Å²) in [7, 11) is 1.50. The lowest BCUT2D eigenvalue weighted by Gasteiger charge is -2.28. The van der Waals surface area contributed by atoms with Gasteiger partial charge in [0.25, 0.3) is 5.91 Å². The van der Waals surface area contributed by atoms with Crippen LogP contribution in [0.2, 0.25) is 5.02 Å². The first kappa shape index (κ1) is 24.7. The second-order valence-electron chi connectivity index (χ2n) is 7.80. The average Bonchev–Trinajstić information content (AvgIpc) is 3.19. The molecule has 10 heteroatoms. The molecule has 1 aliphatic rings. The maximum absolute atomic E-state index is 13.5. The normalized spacial score (nSPS) is 17.6. The molecule has 3 aromatic rings. The number of fused-ring (bicyclic) bond motifs is 1. The molecule has 178 valence electrons. The minimum Gasteiger partial charge on any atom is -0.755 e. The Bertz CT molecular complexity index is 1240. The summed E-state index contributed by atoms with van der Waals surface area (Å²) in [6.07, 6.45) is 0.672. The maximum atomic E-state index is 13.5. The van der Waals surface area contributed by atoms with Gasteiger partial charge in [-0.3, -0.25) is 9.00 Å². The van der Waals surface area contributed by atoms with Crippen molar-refractivity contribution >= 4 is 50.4 Å². The molecule has 34 heavy (non-hydrogen) atoms. The highest BCUT2D eigenvalue weighted by Crippen LogP contribution is 2.46.